The Kier molecular flexibility index (Phi) is 4.98. The first-order chi connectivity index (χ1) is 9.56. The van der Waals surface area contributed by atoms with E-state index < -0.39 is 5.97 Å². The quantitative estimate of drug-likeness (QED) is 0.730. The van der Waals surface area contributed by atoms with Gasteiger partial charge in [0.1, 0.15) is 11.5 Å². The van der Waals surface area contributed by atoms with Crippen LogP contribution in [0, 0.1) is 0 Å². The monoisotopic (exact) mass is 396 g/mol. The first-order valence-corrected chi connectivity index (χ1v) is 7.28. The standard InChI is InChI=1S/C15H10Br2O3/c16-11-7-5-10(6-8-15(18)19)14(9-11)20-13-4-2-1-3-12(13)17/h1-9H,(H,18,19)/b8-6+. The van der Waals surface area contributed by atoms with Crippen molar-refractivity contribution in [2.75, 3.05) is 0 Å². The summed E-state index contributed by atoms with van der Waals surface area (Å²) in [4.78, 5) is 10.6. The van der Waals surface area contributed by atoms with Crippen LogP contribution in [0.4, 0.5) is 0 Å². The third-order valence-corrected chi connectivity index (χ3v) is 3.59. The number of hydrogen-bond acceptors (Lipinski definition) is 2. The van der Waals surface area contributed by atoms with Gasteiger partial charge in [-0.3, -0.25) is 0 Å². The predicted molar refractivity (Wildman–Crippen MR) is 85.0 cm³/mol. The van der Waals surface area contributed by atoms with Crippen LogP contribution in [0.15, 0.2) is 57.5 Å². The molecular weight excluding hydrogens is 388 g/mol. The van der Waals surface area contributed by atoms with Crippen molar-refractivity contribution in [3.05, 3.63) is 63.0 Å². The molecule has 1 N–H and O–H groups in total. The van der Waals surface area contributed by atoms with E-state index in [-0.39, 0.29) is 0 Å². The Hall–Kier alpha value is -1.59. The van der Waals surface area contributed by atoms with Gasteiger partial charge in [-0.1, -0.05) is 34.1 Å². The second-order valence-electron chi connectivity index (χ2n) is 3.89. The van der Waals surface area contributed by atoms with Gasteiger partial charge in [0.15, 0.2) is 0 Å². The fraction of sp³-hybridized carbons (Fsp3) is 0. The van der Waals surface area contributed by atoms with E-state index in [1.54, 1.807) is 12.1 Å². The van der Waals surface area contributed by atoms with E-state index in [9.17, 15) is 4.79 Å². The highest BCUT2D eigenvalue weighted by molar-refractivity contribution is 9.10. The van der Waals surface area contributed by atoms with Crippen molar-refractivity contribution in [1.29, 1.82) is 0 Å². The lowest BCUT2D eigenvalue weighted by Gasteiger charge is -2.10. The zero-order valence-corrected chi connectivity index (χ0v) is 13.4. The Morgan fingerprint density at radius 2 is 1.85 bits per heavy atom. The van der Waals surface area contributed by atoms with Crippen LogP contribution in [0.5, 0.6) is 11.5 Å². The van der Waals surface area contributed by atoms with Gasteiger partial charge in [-0.25, -0.2) is 4.79 Å². The molecule has 5 heteroatoms. The molecule has 20 heavy (non-hydrogen) atoms. The molecule has 0 spiro atoms. The maximum Gasteiger partial charge on any atom is 0.328 e. The molecule has 0 bridgehead atoms. The fourth-order valence-corrected chi connectivity index (χ4v) is 2.25. The number of aliphatic carboxylic acids is 1. The number of carboxylic acid groups (broad SMARTS) is 1. The number of benzene rings is 2. The van der Waals surface area contributed by atoms with E-state index in [0.717, 1.165) is 15.0 Å². The lowest BCUT2D eigenvalue weighted by Crippen LogP contribution is -1.90. The van der Waals surface area contributed by atoms with E-state index in [1.807, 2.05) is 30.3 Å². The van der Waals surface area contributed by atoms with Gasteiger partial charge in [0.05, 0.1) is 4.47 Å². The van der Waals surface area contributed by atoms with Crippen LogP contribution in [-0.2, 0) is 4.79 Å². The second-order valence-corrected chi connectivity index (χ2v) is 5.66. The van der Waals surface area contributed by atoms with Crippen LogP contribution in [0.2, 0.25) is 0 Å². The lowest BCUT2D eigenvalue weighted by atomic mass is 10.2. The van der Waals surface area contributed by atoms with E-state index in [0.29, 0.717) is 17.1 Å². The van der Waals surface area contributed by atoms with Gasteiger partial charge in [-0.2, -0.15) is 0 Å². The van der Waals surface area contributed by atoms with Crippen LogP contribution < -0.4 is 4.74 Å². The summed E-state index contributed by atoms with van der Waals surface area (Å²) in [5.74, 6) is 0.235. The van der Waals surface area contributed by atoms with Crippen molar-refractivity contribution in [3.8, 4) is 11.5 Å². The summed E-state index contributed by atoms with van der Waals surface area (Å²) < 4.78 is 7.51. The van der Waals surface area contributed by atoms with Crippen LogP contribution >= 0.6 is 31.9 Å². The van der Waals surface area contributed by atoms with Crippen molar-refractivity contribution in [2.24, 2.45) is 0 Å². The predicted octanol–water partition coefficient (Wildman–Crippen LogP) is 5.10. The van der Waals surface area contributed by atoms with E-state index in [1.165, 1.54) is 6.08 Å². The molecule has 0 aliphatic rings. The van der Waals surface area contributed by atoms with E-state index in [2.05, 4.69) is 31.9 Å². The molecule has 0 atom stereocenters. The zero-order chi connectivity index (χ0) is 14.5. The smallest absolute Gasteiger partial charge is 0.328 e. The average molecular weight is 398 g/mol. The van der Waals surface area contributed by atoms with Crippen LogP contribution in [0.1, 0.15) is 5.56 Å². The molecule has 3 nitrogen and oxygen atoms in total. The molecule has 102 valence electrons. The lowest BCUT2D eigenvalue weighted by molar-refractivity contribution is -0.131. The van der Waals surface area contributed by atoms with Crippen LogP contribution in [-0.4, -0.2) is 11.1 Å². The van der Waals surface area contributed by atoms with Crippen molar-refractivity contribution in [1.82, 2.24) is 0 Å². The van der Waals surface area contributed by atoms with Gasteiger partial charge in [-0.15, -0.1) is 0 Å². The normalized spacial score (nSPS) is 10.7. The summed E-state index contributed by atoms with van der Waals surface area (Å²) in [6, 6.07) is 12.9. The third-order valence-electron chi connectivity index (χ3n) is 2.44. The molecule has 0 heterocycles. The Bertz CT molecular complexity index is 666. The Labute approximate surface area is 133 Å². The number of para-hydroxylation sites is 1. The zero-order valence-electron chi connectivity index (χ0n) is 10.2. The van der Waals surface area contributed by atoms with Gasteiger partial charge in [0.2, 0.25) is 0 Å². The summed E-state index contributed by atoms with van der Waals surface area (Å²) in [5, 5.41) is 8.71. The number of hydrogen-bond donors (Lipinski definition) is 1. The van der Waals surface area contributed by atoms with E-state index in [4.69, 9.17) is 9.84 Å². The molecular formula is C15H10Br2O3. The molecule has 0 unspecified atom stereocenters. The Morgan fingerprint density at radius 3 is 2.55 bits per heavy atom. The van der Waals surface area contributed by atoms with Crippen LogP contribution in [0.3, 0.4) is 0 Å². The topological polar surface area (TPSA) is 46.5 Å². The molecule has 2 aromatic carbocycles. The summed E-state index contributed by atoms with van der Waals surface area (Å²) in [6.45, 7) is 0. The maximum absolute atomic E-state index is 10.6. The van der Waals surface area contributed by atoms with Gasteiger partial charge in [-0.05, 0) is 46.3 Å². The largest absolute Gasteiger partial charge is 0.478 e. The molecule has 2 rings (SSSR count). The Balaban J connectivity index is 2.37. The summed E-state index contributed by atoms with van der Waals surface area (Å²) in [6.07, 6.45) is 2.58. The number of rotatable bonds is 4. The van der Waals surface area contributed by atoms with Gasteiger partial charge >= 0.3 is 5.97 Å². The highest BCUT2D eigenvalue weighted by atomic mass is 79.9. The molecule has 2 aromatic rings. The van der Waals surface area contributed by atoms with Crippen molar-refractivity contribution < 1.29 is 14.6 Å². The minimum absolute atomic E-state index is 0.573. The highest BCUT2D eigenvalue weighted by Gasteiger charge is 2.06. The van der Waals surface area contributed by atoms with Crippen LogP contribution in [0.25, 0.3) is 6.08 Å². The minimum Gasteiger partial charge on any atom is -0.478 e. The molecule has 0 aromatic heterocycles. The second kappa shape index (κ2) is 6.72. The van der Waals surface area contributed by atoms with Gasteiger partial charge < -0.3 is 9.84 Å². The fourth-order valence-electron chi connectivity index (χ4n) is 1.54. The summed E-state index contributed by atoms with van der Waals surface area (Å²) in [5.41, 5.74) is 0.686. The molecule has 0 amide bonds. The molecule has 0 aliphatic carbocycles. The maximum atomic E-state index is 10.6. The third kappa shape index (κ3) is 3.95. The molecule has 0 aliphatic heterocycles. The number of ether oxygens (including phenoxy) is 1. The number of carbonyl (C=O) groups is 1. The van der Waals surface area contributed by atoms with Gasteiger partial charge in [0, 0.05) is 16.1 Å². The van der Waals surface area contributed by atoms with Gasteiger partial charge in [0.25, 0.3) is 0 Å². The first-order valence-electron chi connectivity index (χ1n) is 5.69. The SMILES string of the molecule is O=C(O)/C=C/c1ccc(Br)cc1Oc1ccccc1Br. The first kappa shape index (κ1) is 14.8. The van der Waals surface area contributed by atoms with Crippen molar-refractivity contribution in [2.45, 2.75) is 0 Å². The highest BCUT2D eigenvalue weighted by Crippen LogP contribution is 2.33. The molecule has 0 saturated carbocycles. The molecule has 0 fully saturated rings. The molecule has 0 radical (unpaired) electrons. The van der Waals surface area contributed by atoms with Crippen molar-refractivity contribution >= 4 is 43.9 Å². The minimum atomic E-state index is -1.00. The number of halogens is 2. The Morgan fingerprint density at radius 1 is 1.10 bits per heavy atom. The van der Waals surface area contributed by atoms with E-state index >= 15 is 0 Å². The summed E-state index contributed by atoms with van der Waals surface area (Å²) in [7, 11) is 0. The van der Waals surface area contributed by atoms with Crippen molar-refractivity contribution in [3.63, 3.8) is 0 Å². The summed E-state index contributed by atoms with van der Waals surface area (Å²) >= 11 is 6.79. The average Bonchev–Trinajstić information content (AvgIpc) is 2.40. The molecule has 0 saturated heterocycles. The number of carboxylic acids is 1.